The third-order valence-electron chi connectivity index (χ3n) is 3.01. The van der Waals surface area contributed by atoms with Crippen LogP contribution in [0.4, 0.5) is 5.69 Å². The summed E-state index contributed by atoms with van der Waals surface area (Å²) in [7, 11) is 0. The lowest BCUT2D eigenvalue weighted by atomic mass is 10.2. The fourth-order valence-corrected chi connectivity index (χ4v) is 2.39. The predicted molar refractivity (Wildman–Crippen MR) is 97.3 cm³/mol. The normalized spacial score (nSPS) is 10.3. The second-order valence-electron chi connectivity index (χ2n) is 5.43. The monoisotopic (exact) mass is 390 g/mol. The first-order valence-electron chi connectivity index (χ1n) is 7.54. The maximum atomic E-state index is 12.0. The van der Waals surface area contributed by atoms with Gasteiger partial charge in [-0.25, -0.2) is 0 Å². The molecular formula is C18H19BrN2O3. The van der Waals surface area contributed by atoms with Gasteiger partial charge in [-0.1, -0.05) is 22.0 Å². The third-order valence-corrected chi connectivity index (χ3v) is 3.50. The summed E-state index contributed by atoms with van der Waals surface area (Å²) in [5.41, 5.74) is 1.14. The molecule has 0 unspecified atom stereocenters. The van der Waals surface area contributed by atoms with Crippen LogP contribution in [0, 0.1) is 0 Å². The van der Waals surface area contributed by atoms with Crippen LogP contribution in [0.2, 0.25) is 0 Å². The first-order chi connectivity index (χ1) is 11.4. The van der Waals surface area contributed by atoms with E-state index in [2.05, 4.69) is 26.6 Å². The molecule has 0 fully saturated rings. The third kappa shape index (κ3) is 5.70. The van der Waals surface area contributed by atoms with Crippen molar-refractivity contribution in [2.45, 2.75) is 20.0 Å². The Balaban J connectivity index is 1.83. The van der Waals surface area contributed by atoms with Gasteiger partial charge < -0.3 is 15.4 Å². The second kappa shape index (κ2) is 8.49. The topological polar surface area (TPSA) is 67.4 Å². The molecule has 0 bridgehead atoms. The van der Waals surface area contributed by atoms with Gasteiger partial charge in [0.15, 0.2) is 0 Å². The summed E-state index contributed by atoms with van der Waals surface area (Å²) in [6.45, 7) is 3.79. The Labute approximate surface area is 149 Å². The number of amides is 2. The van der Waals surface area contributed by atoms with E-state index in [4.69, 9.17) is 4.74 Å². The molecule has 2 amide bonds. The standard InChI is InChI=1S/C18H19BrN2O3/c1-12(2)24-16-8-6-15(7-9-16)21-17(22)11-20-18(23)13-4-3-5-14(19)10-13/h3-10,12H,11H2,1-2H3,(H,20,23)(H,21,22). The van der Waals surface area contributed by atoms with Gasteiger partial charge in [0.1, 0.15) is 5.75 Å². The van der Waals surface area contributed by atoms with E-state index in [0.717, 1.165) is 10.2 Å². The Kier molecular flexibility index (Phi) is 6.37. The highest BCUT2D eigenvalue weighted by Crippen LogP contribution is 2.16. The van der Waals surface area contributed by atoms with Crippen molar-refractivity contribution < 1.29 is 14.3 Å². The van der Waals surface area contributed by atoms with Crippen molar-refractivity contribution in [3.63, 3.8) is 0 Å². The van der Waals surface area contributed by atoms with Gasteiger partial charge in [-0.05, 0) is 56.3 Å². The molecule has 5 nitrogen and oxygen atoms in total. The number of hydrogen-bond acceptors (Lipinski definition) is 3. The van der Waals surface area contributed by atoms with Crippen LogP contribution in [0.1, 0.15) is 24.2 Å². The van der Waals surface area contributed by atoms with E-state index in [1.54, 1.807) is 42.5 Å². The molecule has 0 aliphatic carbocycles. The Hall–Kier alpha value is -2.34. The minimum absolute atomic E-state index is 0.0960. The van der Waals surface area contributed by atoms with Gasteiger partial charge in [-0.15, -0.1) is 0 Å². The zero-order chi connectivity index (χ0) is 17.5. The number of nitrogens with one attached hydrogen (secondary N) is 2. The molecule has 0 spiro atoms. The van der Waals surface area contributed by atoms with Crippen molar-refractivity contribution in [2.24, 2.45) is 0 Å². The van der Waals surface area contributed by atoms with Crippen LogP contribution in [0.25, 0.3) is 0 Å². The van der Waals surface area contributed by atoms with E-state index in [1.807, 2.05) is 19.9 Å². The summed E-state index contributed by atoms with van der Waals surface area (Å²) >= 11 is 3.31. The van der Waals surface area contributed by atoms with Crippen molar-refractivity contribution in [3.8, 4) is 5.75 Å². The molecule has 0 saturated carbocycles. The molecular weight excluding hydrogens is 372 g/mol. The largest absolute Gasteiger partial charge is 0.491 e. The van der Waals surface area contributed by atoms with Gasteiger partial charge in [0, 0.05) is 15.7 Å². The van der Waals surface area contributed by atoms with E-state index in [1.165, 1.54) is 0 Å². The van der Waals surface area contributed by atoms with E-state index < -0.39 is 0 Å². The molecule has 2 N–H and O–H groups in total. The Bertz CT molecular complexity index is 714. The number of carbonyl (C=O) groups excluding carboxylic acids is 2. The summed E-state index contributed by atoms with van der Waals surface area (Å²) in [5, 5.41) is 5.31. The van der Waals surface area contributed by atoms with Crippen LogP contribution in [0.15, 0.2) is 53.0 Å². The van der Waals surface area contributed by atoms with E-state index >= 15 is 0 Å². The van der Waals surface area contributed by atoms with Crippen LogP contribution < -0.4 is 15.4 Å². The lowest BCUT2D eigenvalue weighted by Gasteiger charge is -2.11. The van der Waals surface area contributed by atoms with Gasteiger partial charge in [0.25, 0.3) is 5.91 Å². The first-order valence-corrected chi connectivity index (χ1v) is 8.33. The number of benzene rings is 2. The van der Waals surface area contributed by atoms with Gasteiger partial charge in [-0.3, -0.25) is 9.59 Å². The van der Waals surface area contributed by atoms with Crippen LogP contribution in [0.3, 0.4) is 0 Å². The Morgan fingerprint density at radius 3 is 2.46 bits per heavy atom. The number of carbonyl (C=O) groups is 2. The zero-order valence-electron chi connectivity index (χ0n) is 13.5. The average molecular weight is 391 g/mol. The quantitative estimate of drug-likeness (QED) is 0.791. The molecule has 2 aromatic rings. The highest BCUT2D eigenvalue weighted by molar-refractivity contribution is 9.10. The SMILES string of the molecule is CC(C)Oc1ccc(NC(=O)CNC(=O)c2cccc(Br)c2)cc1. The Morgan fingerprint density at radius 2 is 1.83 bits per heavy atom. The number of halogens is 1. The summed E-state index contributed by atoms with van der Waals surface area (Å²) in [6.07, 6.45) is 0.0960. The lowest BCUT2D eigenvalue weighted by molar-refractivity contribution is -0.115. The summed E-state index contributed by atoms with van der Waals surface area (Å²) in [6, 6.07) is 14.1. The van der Waals surface area contributed by atoms with Crippen molar-refractivity contribution in [3.05, 3.63) is 58.6 Å². The van der Waals surface area contributed by atoms with E-state index in [-0.39, 0.29) is 24.5 Å². The number of ether oxygens (including phenoxy) is 1. The number of anilines is 1. The first kappa shape index (κ1) is 18.0. The smallest absolute Gasteiger partial charge is 0.251 e. The molecule has 0 atom stereocenters. The highest BCUT2D eigenvalue weighted by atomic mass is 79.9. The molecule has 2 aromatic carbocycles. The van der Waals surface area contributed by atoms with E-state index in [0.29, 0.717) is 11.3 Å². The molecule has 0 radical (unpaired) electrons. The minimum atomic E-state index is -0.299. The van der Waals surface area contributed by atoms with E-state index in [9.17, 15) is 9.59 Å². The zero-order valence-corrected chi connectivity index (χ0v) is 15.1. The fraction of sp³-hybridized carbons (Fsp3) is 0.222. The molecule has 0 saturated heterocycles. The predicted octanol–water partition coefficient (Wildman–Crippen LogP) is 3.60. The molecule has 0 aromatic heterocycles. The highest BCUT2D eigenvalue weighted by Gasteiger charge is 2.08. The maximum absolute atomic E-state index is 12.0. The van der Waals surface area contributed by atoms with Crippen LogP contribution in [-0.4, -0.2) is 24.5 Å². The van der Waals surface area contributed by atoms with Crippen LogP contribution in [0.5, 0.6) is 5.75 Å². The molecule has 0 aliphatic heterocycles. The summed E-state index contributed by atoms with van der Waals surface area (Å²) in [5.74, 6) is 0.147. The molecule has 6 heteroatoms. The maximum Gasteiger partial charge on any atom is 0.251 e. The van der Waals surface area contributed by atoms with Gasteiger partial charge >= 0.3 is 0 Å². The van der Waals surface area contributed by atoms with Crippen molar-refractivity contribution in [1.82, 2.24) is 5.32 Å². The van der Waals surface area contributed by atoms with Crippen molar-refractivity contribution in [1.29, 1.82) is 0 Å². The number of rotatable bonds is 6. The number of hydrogen-bond donors (Lipinski definition) is 2. The molecule has 2 rings (SSSR count). The second-order valence-corrected chi connectivity index (χ2v) is 6.35. The van der Waals surface area contributed by atoms with Crippen LogP contribution >= 0.6 is 15.9 Å². The van der Waals surface area contributed by atoms with Crippen LogP contribution in [-0.2, 0) is 4.79 Å². The van der Waals surface area contributed by atoms with Crippen molar-refractivity contribution >= 4 is 33.4 Å². The lowest BCUT2D eigenvalue weighted by Crippen LogP contribution is -2.32. The van der Waals surface area contributed by atoms with Gasteiger partial charge in [0.05, 0.1) is 12.6 Å². The minimum Gasteiger partial charge on any atom is -0.491 e. The molecule has 24 heavy (non-hydrogen) atoms. The average Bonchev–Trinajstić information content (AvgIpc) is 2.54. The molecule has 0 aliphatic rings. The van der Waals surface area contributed by atoms with Crippen molar-refractivity contribution in [2.75, 3.05) is 11.9 Å². The molecule has 126 valence electrons. The fourth-order valence-electron chi connectivity index (χ4n) is 1.99. The summed E-state index contributed by atoms with van der Waals surface area (Å²) in [4.78, 5) is 23.9. The van der Waals surface area contributed by atoms with Gasteiger partial charge in [-0.2, -0.15) is 0 Å². The Morgan fingerprint density at radius 1 is 1.12 bits per heavy atom. The van der Waals surface area contributed by atoms with Gasteiger partial charge in [0.2, 0.25) is 5.91 Å². The molecule has 0 heterocycles. The summed E-state index contributed by atoms with van der Waals surface area (Å²) < 4.78 is 6.35.